The van der Waals surface area contributed by atoms with Crippen molar-refractivity contribution in [1.29, 1.82) is 0 Å². The Morgan fingerprint density at radius 1 is 1.04 bits per heavy atom. The van der Waals surface area contributed by atoms with E-state index in [1.807, 2.05) is 31.2 Å². The second kappa shape index (κ2) is 11.6. The van der Waals surface area contributed by atoms with E-state index in [9.17, 15) is 4.39 Å². The number of ether oxygens (including phenoxy) is 2. The van der Waals surface area contributed by atoms with E-state index in [4.69, 9.17) is 9.47 Å². The van der Waals surface area contributed by atoms with Crippen LogP contribution in [0.2, 0.25) is 0 Å². The average Bonchev–Trinajstić information content (AvgIpc) is 2.63. The minimum absolute atomic E-state index is 0. The minimum Gasteiger partial charge on any atom is -0.493 e. The second-order valence-electron chi connectivity index (χ2n) is 5.33. The van der Waals surface area contributed by atoms with Crippen LogP contribution in [-0.4, -0.2) is 26.7 Å². The predicted molar refractivity (Wildman–Crippen MR) is 113 cm³/mol. The fourth-order valence-electron chi connectivity index (χ4n) is 2.34. The first kappa shape index (κ1) is 22.0. The van der Waals surface area contributed by atoms with Crippen molar-refractivity contribution in [3.05, 3.63) is 59.4 Å². The molecule has 0 aliphatic carbocycles. The van der Waals surface area contributed by atoms with Crippen molar-refractivity contribution >= 4 is 29.9 Å². The van der Waals surface area contributed by atoms with Gasteiger partial charge in [-0.1, -0.05) is 18.2 Å². The van der Waals surface area contributed by atoms with Gasteiger partial charge in [0.1, 0.15) is 5.82 Å². The summed E-state index contributed by atoms with van der Waals surface area (Å²) < 4.78 is 24.1. The third-order valence-electron chi connectivity index (χ3n) is 3.56. The Hall–Kier alpha value is -2.03. The number of benzene rings is 2. The minimum atomic E-state index is -0.247. The van der Waals surface area contributed by atoms with E-state index in [1.54, 1.807) is 20.2 Å². The van der Waals surface area contributed by atoms with Crippen LogP contribution in [0, 0.1) is 5.82 Å². The standard InChI is InChI=1S/C19H24FN3O2.HI/c1-4-25-17-9-8-15(11-18(17)24-3)13-23-19(21-2)22-12-14-6-5-7-16(20)10-14;/h5-11H,4,12-13H2,1-3H3,(H2,21,22,23);1H. The Balaban J connectivity index is 0.00000338. The zero-order valence-corrected chi connectivity index (χ0v) is 17.5. The van der Waals surface area contributed by atoms with E-state index in [1.165, 1.54) is 12.1 Å². The Bertz CT molecular complexity index is 726. The lowest BCUT2D eigenvalue weighted by Gasteiger charge is -2.14. The summed E-state index contributed by atoms with van der Waals surface area (Å²) in [6.07, 6.45) is 0. The highest BCUT2D eigenvalue weighted by atomic mass is 127. The van der Waals surface area contributed by atoms with E-state index in [2.05, 4.69) is 15.6 Å². The number of aliphatic imine (C=N–C) groups is 1. The highest BCUT2D eigenvalue weighted by molar-refractivity contribution is 14.0. The number of methoxy groups -OCH3 is 1. The molecule has 0 aromatic heterocycles. The summed E-state index contributed by atoms with van der Waals surface area (Å²) in [6, 6.07) is 12.3. The fraction of sp³-hybridized carbons (Fsp3) is 0.316. The van der Waals surface area contributed by atoms with Crippen LogP contribution in [0.1, 0.15) is 18.1 Å². The first-order valence-corrected chi connectivity index (χ1v) is 8.15. The quantitative estimate of drug-likeness (QED) is 0.366. The van der Waals surface area contributed by atoms with Crippen molar-refractivity contribution in [1.82, 2.24) is 10.6 Å². The van der Waals surface area contributed by atoms with Crippen molar-refractivity contribution < 1.29 is 13.9 Å². The Labute approximate surface area is 171 Å². The maximum absolute atomic E-state index is 13.2. The molecule has 0 bridgehead atoms. The number of halogens is 2. The third kappa shape index (κ3) is 6.70. The van der Waals surface area contributed by atoms with Crippen LogP contribution in [0.25, 0.3) is 0 Å². The first-order chi connectivity index (χ1) is 12.2. The van der Waals surface area contributed by atoms with Gasteiger partial charge in [-0.3, -0.25) is 4.99 Å². The first-order valence-electron chi connectivity index (χ1n) is 8.15. The number of rotatable bonds is 7. The highest BCUT2D eigenvalue weighted by Gasteiger charge is 2.06. The third-order valence-corrected chi connectivity index (χ3v) is 3.56. The van der Waals surface area contributed by atoms with Gasteiger partial charge < -0.3 is 20.1 Å². The number of guanidine groups is 1. The number of nitrogens with zero attached hydrogens (tertiary/aromatic N) is 1. The van der Waals surface area contributed by atoms with Gasteiger partial charge in [0.2, 0.25) is 0 Å². The zero-order valence-electron chi connectivity index (χ0n) is 15.2. The number of hydrogen-bond acceptors (Lipinski definition) is 3. The summed E-state index contributed by atoms with van der Waals surface area (Å²) in [7, 11) is 3.31. The normalized spacial score (nSPS) is 10.7. The van der Waals surface area contributed by atoms with Crippen LogP contribution >= 0.6 is 24.0 Å². The molecule has 0 amide bonds. The molecule has 2 N–H and O–H groups in total. The summed E-state index contributed by atoms with van der Waals surface area (Å²) >= 11 is 0. The molecule has 2 aromatic carbocycles. The topological polar surface area (TPSA) is 54.9 Å². The van der Waals surface area contributed by atoms with Crippen LogP contribution in [0.15, 0.2) is 47.5 Å². The maximum Gasteiger partial charge on any atom is 0.191 e. The van der Waals surface area contributed by atoms with Crippen molar-refractivity contribution in [2.75, 3.05) is 20.8 Å². The van der Waals surface area contributed by atoms with Gasteiger partial charge in [0.25, 0.3) is 0 Å². The van der Waals surface area contributed by atoms with Gasteiger partial charge in [0, 0.05) is 20.1 Å². The molecule has 5 nitrogen and oxygen atoms in total. The molecule has 142 valence electrons. The van der Waals surface area contributed by atoms with Gasteiger partial charge in [-0.25, -0.2) is 4.39 Å². The lowest BCUT2D eigenvalue weighted by atomic mass is 10.2. The lowest BCUT2D eigenvalue weighted by molar-refractivity contribution is 0.310. The van der Waals surface area contributed by atoms with Gasteiger partial charge >= 0.3 is 0 Å². The molecule has 0 saturated heterocycles. The summed E-state index contributed by atoms with van der Waals surface area (Å²) in [5.74, 6) is 1.81. The molecule has 0 aliphatic rings. The Kier molecular flexibility index (Phi) is 9.79. The summed E-state index contributed by atoms with van der Waals surface area (Å²) in [4.78, 5) is 4.17. The molecule has 0 unspecified atom stereocenters. The van der Waals surface area contributed by atoms with E-state index < -0.39 is 0 Å². The second-order valence-corrected chi connectivity index (χ2v) is 5.33. The monoisotopic (exact) mass is 473 g/mol. The summed E-state index contributed by atoms with van der Waals surface area (Å²) in [5, 5.41) is 6.38. The zero-order chi connectivity index (χ0) is 18.1. The molecular formula is C19H25FIN3O2. The summed E-state index contributed by atoms with van der Waals surface area (Å²) in [5.41, 5.74) is 1.89. The molecule has 0 saturated carbocycles. The van der Waals surface area contributed by atoms with E-state index in [0.717, 1.165) is 16.9 Å². The van der Waals surface area contributed by atoms with Crippen LogP contribution < -0.4 is 20.1 Å². The fourth-order valence-corrected chi connectivity index (χ4v) is 2.34. The molecule has 2 rings (SSSR count). The predicted octanol–water partition coefficient (Wildman–Crippen LogP) is 3.72. The smallest absolute Gasteiger partial charge is 0.191 e. The van der Waals surface area contributed by atoms with Gasteiger partial charge in [-0.15, -0.1) is 24.0 Å². The molecule has 0 fully saturated rings. The van der Waals surface area contributed by atoms with Crippen molar-refractivity contribution in [3.8, 4) is 11.5 Å². The Morgan fingerprint density at radius 3 is 2.31 bits per heavy atom. The molecular weight excluding hydrogens is 448 g/mol. The molecule has 0 atom stereocenters. The molecule has 0 aliphatic heterocycles. The maximum atomic E-state index is 13.2. The van der Waals surface area contributed by atoms with E-state index >= 15 is 0 Å². The van der Waals surface area contributed by atoms with Crippen LogP contribution in [0.3, 0.4) is 0 Å². The van der Waals surface area contributed by atoms with Gasteiger partial charge in [-0.2, -0.15) is 0 Å². The van der Waals surface area contributed by atoms with Crippen molar-refractivity contribution in [2.24, 2.45) is 4.99 Å². The van der Waals surface area contributed by atoms with Crippen LogP contribution in [0.5, 0.6) is 11.5 Å². The van der Waals surface area contributed by atoms with Gasteiger partial charge in [0.05, 0.1) is 13.7 Å². The number of nitrogens with one attached hydrogen (secondary N) is 2. The van der Waals surface area contributed by atoms with Gasteiger partial charge in [-0.05, 0) is 42.3 Å². The molecule has 0 spiro atoms. The highest BCUT2D eigenvalue weighted by Crippen LogP contribution is 2.27. The van der Waals surface area contributed by atoms with Crippen LogP contribution in [-0.2, 0) is 13.1 Å². The van der Waals surface area contributed by atoms with Crippen LogP contribution in [0.4, 0.5) is 4.39 Å². The van der Waals surface area contributed by atoms with Crippen molar-refractivity contribution in [2.45, 2.75) is 20.0 Å². The van der Waals surface area contributed by atoms with Gasteiger partial charge in [0.15, 0.2) is 17.5 Å². The average molecular weight is 473 g/mol. The van der Waals surface area contributed by atoms with Crippen molar-refractivity contribution in [3.63, 3.8) is 0 Å². The van der Waals surface area contributed by atoms with E-state index in [-0.39, 0.29) is 29.8 Å². The number of hydrogen-bond donors (Lipinski definition) is 2. The van der Waals surface area contributed by atoms with E-state index in [0.29, 0.717) is 31.4 Å². The largest absolute Gasteiger partial charge is 0.493 e. The SMILES string of the molecule is CCOc1ccc(CNC(=NC)NCc2cccc(F)c2)cc1OC.I. The molecule has 2 aromatic rings. The molecule has 0 heterocycles. The lowest BCUT2D eigenvalue weighted by Crippen LogP contribution is -2.36. The molecule has 26 heavy (non-hydrogen) atoms. The molecule has 7 heteroatoms. The Morgan fingerprint density at radius 2 is 1.73 bits per heavy atom. The molecule has 0 radical (unpaired) electrons. The summed E-state index contributed by atoms with van der Waals surface area (Å²) in [6.45, 7) is 3.59.